The van der Waals surface area contributed by atoms with Crippen LogP contribution >= 0.6 is 0 Å². The van der Waals surface area contributed by atoms with Crippen LogP contribution in [0, 0.1) is 0 Å². The van der Waals surface area contributed by atoms with Gasteiger partial charge in [0.2, 0.25) is 0 Å². The smallest absolute Gasteiger partial charge is 0.545 e. The molecule has 0 aromatic heterocycles. The number of carbonyl (C=O) groups excluding carboxylic acids is 6. The maximum Gasteiger partial charge on any atom is 2.00 e. The Bertz CT molecular complexity index is 931. The zero-order valence-corrected chi connectivity index (χ0v) is 20.7. The van der Waals surface area contributed by atoms with Gasteiger partial charge in [0.05, 0.1) is 35.8 Å². The summed E-state index contributed by atoms with van der Waals surface area (Å²) >= 11 is 0. The first-order valence-corrected chi connectivity index (χ1v) is 7.44. The third kappa shape index (κ3) is 9.14. The summed E-state index contributed by atoms with van der Waals surface area (Å²) < 4.78 is 0. The summed E-state index contributed by atoms with van der Waals surface area (Å²) in [5.41, 5.74) is -4.91. The van der Waals surface area contributed by atoms with E-state index in [0.29, 0.717) is 0 Å². The fourth-order valence-electron chi connectivity index (χ4n) is 2.22. The standard InChI is InChI=1S/2C9H6O6.3Mg/c2*10-7(11)4-2-1-3-5(8(12)13)6(4)9(14)15;;;/h2*1-3H,(H,10,11)(H,12,13)(H,14,15);;;/q;;3*+2/p-6. The van der Waals surface area contributed by atoms with Crippen LogP contribution in [0.25, 0.3) is 0 Å². The summed E-state index contributed by atoms with van der Waals surface area (Å²) in [5.74, 6) is -11.0. The van der Waals surface area contributed by atoms with Crippen LogP contribution in [0.5, 0.6) is 0 Å². The van der Waals surface area contributed by atoms with E-state index in [9.17, 15) is 59.4 Å². The molecule has 0 aliphatic rings. The maximum atomic E-state index is 10.6. The predicted octanol–water partition coefficient (Wildman–Crippen LogP) is -7.59. The van der Waals surface area contributed by atoms with Crippen LogP contribution in [0.4, 0.5) is 0 Å². The van der Waals surface area contributed by atoms with E-state index in [1.165, 1.54) is 0 Å². The van der Waals surface area contributed by atoms with Gasteiger partial charge >= 0.3 is 69.2 Å². The molecule has 12 nitrogen and oxygen atoms in total. The van der Waals surface area contributed by atoms with Crippen LogP contribution in [0.3, 0.4) is 0 Å². The van der Waals surface area contributed by atoms with Crippen molar-refractivity contribution in [3.63, 3.8) is 0 Å². The Labute approximate surface area is 232 Å². The van der Waals surface area contributed by atoms with Gasteiger partial charge in [-0.05, 0) is 0 Å². The van der Waals surface area contributed by atoms with E-state index in [1.807, 2.05) is 0 Å². The quantitative estimate of drug-likeness (QED) is 0.345. The third-order valence-corrected chi connectivity index (χ3v) is 3.42. The largest absolute Gasteiger partial charge is 2.00 e. The van der Waals surface area contributed by atoms with Crippen molar-refractivity contribution in [2.45, 2.75) is 0 Å². The number of rotatable bonds is 6. The van der Waals surface area contributed by atoms with E-state index in [1.54, 1.807) is 0 Å². The Morgan fingerprint density at radius 1 is 0.394 bits per heavy atom. The van der Waals surface area contributed by atoms with Crippen LogP contribution in [-0.2, 0) is 0 Å². The maximum absolute atomic E-state index is 10.6. The summed E-state index contributed by atoms with van der Waals surface area (Å²) in [7, 11) is 0. The minimum atomic E-state index is -1.91. The van der Waals surface area contributed by atoms with Crippen molar-refractivity contribution in [3.8, 4) is 0 Å². The average Bonchev–Trinajstić information content (AvgIpc) is 2.66. The molecule has 2 rings (SSSR count). The van der Waals surface area contributed by atoms with Crippen LogP contribution < -0.4 is 30.6 Å². The molecule has 0 N–H and O–H groups in total. The molecule has 0 radical (unpaired) electrons. The molecule has 0 unspecified atom stereocenters. The van der Waals surface area contributed by atoms with Gasteiger partial charge in [0, 0.05) is 33.4 Å². The molecule has 0 spiro atoms. The Morgan fingerprint density at radius 2 is 0.576 bits per heavy atom. The fraction of sp³-hybridized carbons (Fsp3) is 0. The molecule has 2 aromatic rings. The number of hydrogen-bond donors (Lipinski definition) is 0. The number of aromatic carboxylic acids is 6. The predicted molar refractivity (Wildman–Crippen MR) is 96.1 cm³/mol. The van der Waals surface area contributed by atoms with Crippen molar-refractivity contribution in [2.24, 2.45) is 0 Å². The molecule has 0 bridgehead atoms. The van der Waals surface area contributed by atoms with Crippen LogP contribution in [0.1, 0.15) is 62.1 Å². The van der Waals surface area contributed by atoms with Crippen molar-refractivity contribution in [1.82, 2.24) is 0 Å². The molecule has 2 aromatic carbocycles. The monoisotopic (exact) mass is 486 g/mol. The van der Waals surface area contributed by atoms with Gasteiger partial charge in [-0.2, -0.15) is 0 Å². The third-order valence-electron chi connectivity index (χ3n) is 3.42. The normalized spacial score (nSPS) is 8.73. The number of hydrogen-bond acceptors (Lipinski definition) is 12. The average molecular weight is 487 g/mol. The first kappa shape index (κ1) is 35.2. The van der Waals surface area contributed by atoms with Gasteiger partial charge in [-0.15, -0.1) is 0 Å². The molecule has 0 aliphatic heterocycles. The van der Waals surface area contributed by atoms with Gasteiger partial charge in [0.15, 0.2) is 0 Å². The van der Waals surface area contributed by atoms with E-state index in [-0.39, 0.29) is 69.2 Å². The zero-order valence-electron chi connectivity index (χ0n) is 16.5. The van der Waals surface area contributed by atoms with Gasteiger partial charge in [0.1, 0.15) is 0 Å². The van der Waals surface area contributed by atoms with E-state index in [2.05, 4.69) is 0 Å². The second kappa shape index (κ2) is 15.4. The fourth-order valence-corrected chi connectivity index (χ4v) is 2.22. The van der Waals surface area contributed by atoms with Crippen molar-refractivity contribution in [2.75, 3.05) is 0 Å². The van der Waals surface area contributed by atoms with Gasteiger partial charge in [-0.3, -0.25) is 0 Å². The Kier molecular flexibility index (Phi) is 16.4. The topological polar surface area (TPSA) is 241 Å². The molecule has 0 aliphatic carbocycles. The van der Waals surface area contributed by atoms with Gasteiger partial charge in [0.25, 0.3) is 0 Å². The molecule has 0 saturated heterocycles. The van der Waals surface area contributed by atoms with Crippen molar-refractivity contribution < 1.29 is 59.4 Å². The molecular weight excluding hydrogens is 481 g/mol. The molecule has 0 fully saturated rings. The van der Waals surface area contributed by atoms with E-state index in [0.717, 1.165) is 36.4 Å². The van der Waals surface area contributed by atoms with Gasteiger partial charge < -0.3 is 59.4 Å². The first-order chi connectivity index (χ1) is 13.9. The molecular formula is C18H6Mg3O12. The van der Waals surface area contributed by atoms with E-state index in [4.69, 9.17) is 0 Å². The first-order valence-electron chi connectivity index (χ1n) is 7.44. The minimum Gasteiger partial charge on any atom is -0.545 e. The van der Waals surface area contributed by atoms with E-state index < -0.39 is 69.2 Å². The molecule has 15 heteroatoms. The van der Waals surface area contributed by atoms with Crippen LogP contribution in [0.2, 0.25) is 0 Å². The van der Waals surface area contributed by atoms with Gasteiger partial charge in [-0.1, -0.05) is 36.4 Å². The summed E-state index contributed by atoms with van der Waals surface area (Å²) in [5, 5.41) is 63.1. The van der Waals surface area contributed by atoms with Crippen molar-refractivity contribution in [3.05, 3.63) is 69.8 Å². The second-order valence-corrected chi connectivity index (χ2v) is 5.18. The number of benzene rings is 2. The molecule has 156 valence electrons. The van der Waals surface area contributed by atoms with Crippen LogP contribution in [-0.4, -0.2) is 105 Å². The zero-order chi connectivity index (χ0) is 23.2. The Hall–Kier alpha value is -2.44. The summed E-state index contributed by atoms with van der Waals surface area (Å²) in [4.78, 5) is 63.1. The van der Waals surface area contributed by atoms with E-state index >= 15 is 0 Å². The molecule has 0 heterocycles. The van der Waals surface area contributed by atoms with Crippen molar-refractivity contribution in [1.29, 1.82) is 0 Å². The summed E-state index contributed by atoms with van der Waals surface area (Å²) in [6, 6.07) is 5.78. The molecule has 0 atom stereocenters. The Balaban J connectivity index is -0.000000500. The number of carbonyl (C=O) groups is 6. The molecule has 0 saturated carbocycles. The summed E-state index contributed by atoms with van der Waals surface area (Å²) in [6.07, 6.45) is 0. The number of carboxylic acids is 6. The second-order valence-electron chi connectivity index (χ2n) is 5.18. The molecule has 33 heavy (non-hydrogen) atoms. The van der Waals surface area contributed by atoms with Crippen LogP contribution in [0.15, 0.2) is 36.4 Å². The number of carboxylic acid groups (broad SMARTS) is 6. The van der Waals surface area contributed by atoms with Gasteiger partial charge in [-0.25, -0.2) is 0 Å². The van der Waals surface area contributed by atoms with Crippen molar-refractivity contribution >= 4 is 105 Å². The minimum absolute atomic E-state index is 0. The Morgan fingerprint density at radius 3 is 0.697 bits per heavy atom. The summed E-state index contributed by atoms with van der Waals surface area (Å²) in [6.45, 7) is 0. The molecule has 0 amide bonds. The SMILES string of the molecule is O=C([O-])c1cccc(C(=O)[O-])c1C(=O)[O-].O=C([O-])c1cccc(C(=O)[O-])c1C(=O)[O-].[Mg+2].[Mg+2].[Mg+2].